The van der Waals surface area contributed by atoms with E-state index in [4.69, 9.17) is 14.1 Å². The zero-order chi connectivity index (χ0) is 23.9. The van der Waals surface area contributed by atoms with Crippen molar-refractivity contribution in [1.82, 2.24) is 4.98 Å². The molecule has 1 aliphatic carbocycles. The molecule has 1 aliphatic heterocycles. The van der Waals surface area contributed by atoms with Gasteiger partial charge in [-0.25, -0.2) is 9.78 Å². The van der Waals surface area contributed by atoms with E-state index in [0.717, 1.165) is 57.6 Å². The van der Waals surface area contributed by atoms with Gasteiger partial charge in [-0.3, -0.25) is 4.79 Å². The van der Waals surface area contributed by atoms with Crippen molar-refractivity contribution in [3.05, 3.63) is 95.1 Å². The molecule has 0 saturated heterocycles. The molecule has 1 unspecified atom stereocenters. The Morgan fingerprint density at radius 1 is 1.09 bits per heavy atom. The zero-order valence-corrected chi connectivity index (χ0v) is 19.4. The van der Waals surface area contributed by atoms with Crippen molar-refractivity contribution < 1.29 is 18.7 Å². The highest BCUT2D eigenvalue weighted by Gasteiger charge is 2.32. The summed E-state index contributed by atoms with van der Waals surface area (Å²) in [5.41, 5.74) is 5.92. The van der Waals surface area contributed by atoms with Gasteiger partial charge >= 0.3 is 5.97 Å². The molecule has 6 heteroatoms. The highest BCUT2D eigenvalue weighted by molar-refractivity contribution is 6.08. The van der Waals surface area contributed by atoms with Crippen LogP contribution in [-0.4, -0.2) is 29.5 Å². The number of carbonyl (C=O) groups excluding carboxylic acids is 2. The number of hydrogen-bond acceptors (Lipinski definition) is 5. The summed E-state index contributed by atoms with van der Waals surface area (Å²) >= 11 is 0. The largest absolute Gasteiger partial charge is 0.465 e. The molecule has 2 aromatic carbocycles. The van der Waals surface area contributed by atoms with Gasteiger partial charge in [0.05, 0.1) is 23.0 Å². The summed E-state index contributed by atoms with van der Waals surface area (Å²) in [5, 5.41) is 0.739. The summed E-state index contributed by atoms with van der Waals surface area (Å²) in [6, 6.07) is 19.2. The average molecular weight is 465 g/mol. The van der Waals surface area contributed by atoms with Crippen LogP contribution in [0.15, 0.2) is 71.3 Å². The third-order valence-corrected chi connectivity index (χ3v) is 6.81. The predicted octanol–water partition coefficient (Wildman–Crippen LogP) is 5.45. The lowest BCUT2D eigenvalue weighted by atomic mass is 10.0. The highest BCUT2D eigenvalue weighted by Crippen LogP contribution is 2.38. The smallest absolute Gasteiger partial charge is 0.339 e. The van der Waals surface area contributed by atoms with Crippen molar-refractivity contribution in [2.24, 2.45) is 0 Å². The topological polar surface area (TPSA) is 72.6 Å². The number of allylic oxidation sites excluding steroid dienone is 1. The number of anilines is 1. The zero-order valence-electron chi connectivity index (χ0n) is 19.4. The van der Waals surface area contributed by atoms with Crippen LogP contribution in [0.5, 0.6) is 0 Å². The van der Waals surface area contributed by atoms with Crippen LogP contribution in [0.3, 0.4) is 0 Å². The first-order valence-electron chi connectivity index (χ1n) is 11.8. The Hall–Kier alpha value is -4.19. The molecule has 2 aromatic heterocycles. The third-order valence-electron chi connectivity index (χ3n) is 6.81. The number of hydrogen-bond donors (Lipinski definition) is 0. The molecule has 0 saturated carbocycles. The van der Waals surface area contributed by atoms with Crippen LogP contribution in [0.2, 0.25) is 0 Å². The summed E-state index contributed by atoms with van der Waals surface area (Å²) in [6.07, 6.45) is 5.83. The summed E-state index contributed by atoms with van der Waals surface area (Å²) in [7, 11) is 0. The van der Waals surface area contributed by atoms with Crippen molar-refractivity contribution >= 4 is 40.1 Å². The molecule has 0 bridgehead atoms. The fourth-order valence-corrected chi connectivity index (χ4v) is 5.27. The molecule has 0 spiro atoms. The fraction of sp³-hybridized carbons (Fsp3) is 0.207. The molecule has 4 aromatic rings. The van der Waals surface area contributed by atoms with E-state index in [1.165, 1.54) is 0 Å². The molecular weight excluding hydrogens is 440 g/mol. The molecule has 1 atom stereocenters. The maximum atomic E-state index is 13.4. The number of furan rings is 1. The van der Waals surface area contributed by atoms with E-state index in [0.29, 0.717) is 12.0 Å². The van der Waals surface area contributed by atoms with E-state index in [2.05, 4.69) is 0 Å². The number of pyridine rings is 1. The Bertz CT molecular complexity index is 1490. The molecule has 6 nitrogen and oxygen atoms in total. The van der Waals surface area contributed by atoms with Crippen LogP contribution in [0.25, 0.3) is 22.6 Å². The van der Waals surface area contributed by atoms with Gasteiger partial charge in [-0.05, 0) is 73.2 Å². The lowest BCUT2D eigenvalue weighted by Crippen LogP contribution is -2.38. The maximum absolute atomic E-state index is 13.4. The number of amides is 1. The van der Waals surface area contributed by atoms with E-state index in [1.807, 2.05) is 73.7 Å². The van der Waals surface area contributed by atoms with Gasteiger partial charge in [0.15, 0.2) is 6.61 Å². The number of ether oxygens (including phenoxy) is 1. The quantitative estimate of drug-likeness (QED) is 0.376. The van der Waals surface area contributed by atoms with Crippen molar-refractivity contribution in [1.29, 1.82) is 0 Å². The SMILES string of the molecule is CC1Cc2ccccc2N1C(=O)COC(=O)c1c2c(nc3ccccc13)C(=Cc1ccco1)CC2. The predicted molar refractivity (Wildman–Crippen MR) is 134 cm³/mol. The molecule has 1 amide bonds. The molecule has 3 heterocycles. The van der Waals surface area contributed by atoms with E-state index >= 15 is 0 Å². The summed E-state index contributed by atoms with van der Waals surface area (Å²) < 4.78 is 11.1. The Morgan fingerprint density at radius 3 is 2.77 bits per heavy atom. The van der Waals surface area contributed by atoms with Crippen molar-refractivity contribution in [3.8, 4) is 0 Å². The van der Waals surface area contributed by atoms with Gasteiger partial charge < -0.3 is 14.1 Å². The molecule has 0 fully saturated rings. The summed E-state index contributed by atoms with van der Waals surface area (Å²) in [5.74, 6) is 0.0364. The summed E-state index contributed by atoms with van der Waals surface area (Å²) in [4.78, 5) is 33.1. The molecule has 174 valence electrons. The molecule has 0 radical (unpaired) electrons. The molecule has 0 N–H and O–H groups in total. The van der Waals surface area contributed by atoms with Crippen LogP contribution < -0.4 is 4.90 Å². The second-order valence-corrected chi connectivity index (χ2v) is 9.04. The van der Waals surface area contributed by atoms with Crippen molar-refractivity contribution in [2.75, 3.05) is 11.5 Å². The van der Waals surface area contributed by atoms with Crippen LogP contribution in [0.1, 0.15) is 46.3 Å². The monoisotopic (exact) mass is 464 g/mol. The van der Waals surface area contributed by atoms with Gasteiger partial charge in [0.25, 0.3) is 5.91 Å². The molecule has 2 aliphatic rings. The number of nitrogens with zero attached hydrogens (tertiary/aromatic N) is 2. The lowest BCUT2D eigenvalue weighted by Gasteiger charge is -2.22. The van der Waals surface area contributed by atoms with Gasteiger partial charge in [-0.2, -0.15) is 0 Å². The van der Waals surface area contributed by atoms with Gasteiger partial charge in [0.2, 0.25) is 0 Å². The van der Waals surface area contributed by atoms with E-state index < -0.39 is 5.97 Å². The second-order valence-electron chi connectivity index (χ2n) is 9.04. The van der Waals surface area contributed by atoms with Crippen LogP contribution in [-0.2, 0) is 22.4 Å². The Labute approximate surface area is 202 Å². The van der Waals surface area contributed by atoms with Crippen molar-refractivity contribution in [2.45, 2.75) is 32.2 Å². The normalized spacial score (nSPS) is 17.6. The number of aromatic nitrogens is 1. The first kappa shape index (κ1) is 21.4. The van der Waals surface area contributed by atoms with Crippen LogP contribution in [0, 0.1) is 0 Å². The highest BCUT2D eigenvalue weighted by atomic mass is 16.5. The standard InChI is InChI=1S/C29H24N2O4/c1-18-15-19-7-2-5-11-25(19)31(18)26(32)17-35-29(33)27-22-9-3-4-10-24(22)30-28-20(12-13-23(27)28)16-21-8-6-14-34-21/h2-11,14,16,18H,12-13,15,17H2,1H3. The number of benzene rings is 2. The minimum absolute atomic E-state index is 0.0268. The fourth-order valence-electron chi connectivity index (χ4n) is 5.27. The van der Waals surface area contributed by atoms with E-state index in [-0.39, 0.29) is 18.6 Å². The average Bonchev–Trinajstić information content (AvgIpc) is 3.60. The van der Waals surface area contributed by atoms with E-state index in [1.54, 1.807) is 11.2 Å². The van der Waals surface area contributed by atoms with E-state index in [9.17, 15) is 9.59 Å². The van der Waals surface area contributed by atoms with Crippen molar-refractivity contribution in [3.63, 3.8) is 0 Å². The number of esters is 1. The van der Waals surface area contributed by atoms with Gasteiger partial charge in [-0.1, -0.05) is 36.4 Å². The van der Waals surface area contributed by atoms with Gasteiger partial charge in [-0.15, -0.1) is 0 Å². The first-order chi connectivity index (χ1) is 17.1. The maximum Gasteiger partial charge on any atom is 0.339 e. The van der Waals surface area contributed by atoms with Crippen LogP contribution >= 0.6 is 0 Å². The lowest BCUT2D eigenvalue weighted by molar-refractivity contribution is -0.122. The number of fused-ring (bicyclic) bond motifs is 3. The molecule has 35 heavy (non-hydrogen) atoms. The number of carbonyl (C=O) groups is 2. The number of rotatable bonds is 4. The van der Waals surface area contributed by atoms with Gasteiger partial charge in [0.1, 0.15) is 5.76 Å². The molecule has 6 rings (SSSR count). The summed E-state index contributed by atoms with van der Waals surface area (Å²) in [6.45, 7) is 1.70. The third kappa shape index (κ3) is 3.71. The Kier molecular flexibility index (Phi) is 5.21. The minimum Gasteiger partial charge on any atom is -0.465 e. The molecular formula is C29H24N2O4. The Morgan fingerprint density at radius 2 is 1.91 bits per heavy atom. The second kappa shape index (κ2) is 8.55. The minimum atomic E-state index is -0.493. The number of para-hydroxylation sites is 2. The van der Waals surface area contributed by atoms with Gasteiger partial charge in [0, 0.05) is 17.1 Å². The Balaban J connectivity index is 1.31. The first-order valence-corrected chi connectivity index (χ1v) is 11.8. The van der Waals surface area contributed by atoms with Crippen LogP contribution in [0.4, 0.5) is 5.69 Å².